The number of aromatic nitrogens is 1. The van der Waals surface area contributed by atoms with Crippen LogP contribution < -0.4 is 0 Å². The Kier molecular flexibility index (Phi) is 2.86. The van der Waals surface area contributed by atoms with E-state index in [1.54, 1.807) is 31.5 Å². The average molecular weight is 160 g/mol. The van der Waals surface area contributed by atoms with E-state index < -0.39 is 0 Å². The normalized spacial score (nSPS) is 9.67. The largest absolute Gasteiger partial charge is 0.504 e. The maximum absolute atomic E-state index is 8.55. The minimum atomic E-state index is 0.598. The van der Waals surface area contributed by atoms with Gasteiger partial charge in [0, 0.05) is 6.20 Å². The lowest BCUT2D eigenvalue weighted by molar-refractivity contribution is 0.341. The summed E-state index contributed by atoms with van der Waals surface area (Å²) >= 11 is 0. The van der Waals surface area contributed by atoms with Crippen molar-refractivity contribution in [3.63, 3.8) is 0 Å². The van der Waals surface area contributed by atoms with E-state index in [-0.39, 0.29) is 0 Å². The first kappa shape index (κ1) is 8.28. The predicted molar refractivity (Wildman–Crippen MR) is 45.0 cm³/mol. The first-order chi connectivity index (χ1) is 5.86. The Labute approximate surface area is 70.9 Å². The molecule has 0 aliphatic rings. The fourth-order valence-corrected chi connectivity index (χ4v) is 0.747. The second-order valence-corrected chi connectivity index (χ2v) is 2.12. The van der Waals surface area contributed by atoms with E-state index in [1.165, 1.54) is 6.26 Å². The van der Waals surface area contributed by atoms with Crippen LogP contribution in [0.15, 0.2) is 24.6 Å². The Hall–Kier alpha value is -1.82. The van der Waals surface area contributed by atoms with E-state index in [0.29, 0.717) is 5.56 Å². The minimum absolute atomic E-state index is 0.598. The standard InChI is InChI=1S/C9H8N2O/c1-12-5-3-9-6-8(7-10)2-4-11-9/h2-6H,1H3. The van der Waals surface area contributed by atoms with E-state index in [0.717, 1.165) is 5.69 Å². The monoisotopic (exact) mass is 160 g/mol. The molecule has 1 heterocycles. The second kappa shape index (κ2) is 4.14. The summed E-state index contributed by atoms with van der Waals surface area (Å²) in [5.74, 6) is 0. The van der Waals surface area contributed by atoms with Gasteiger partial charge in [0.25, 0.3) is 0 Å². The molecule has 0 N–H and O–H groups in total. The Morgan fingerprint density at radius 3 is 3.17 bits per heavy atom. The minimum Gasteiger partial charge on any atom is -0.504 e. The molecule has 0 bridgehead atoms. The predicted octanol–water partition coefficient (Wildman–Crippen LogP) is 1.57. The maximum Gasteiger partial charge on any atom is 0.0992 e. The summed E-state index contributed by atoms with van der Waals surface area (Å²) in [6.07, 6.45) is 4.80. The highest BCUT2D eigenvalue weighted by molar-refractivity contribution is 5.46. The zero-order chi connectivity index (χ0) is 8.81. The molecule has 1 aromatic rings. The first-order valence-electron chi connectivity index (χ1n) is 3.42. The van der Waals surface area contributed by atoms with Crippen LogP contribution in [-0.4, -0.2) is 12.1 Å². The van der Waals surface area contributed by atoms with Gasteiger partial charge >= 0.3 is 0 Å². The Balaban J connectivity index is 2.88. The smallest absolute Gasteiger partial charge is 0.0992 e. The molecule has 0 aliphatic heterocycles. The van der Waals surface area contributed by atoms with Crippen LogP contribution in [0, 0.1) is 11.3 Å². The van der Waals surface area contributed by atoms with Crippen molar-refractivity contribution in [2.75, 3.05) is 7.11 Å². The van der Waals surface area contributed by atoms with Crippen molar-refractivity contribution >= 4 is 6.08 Å². The van der Waals surface area contributed by atoms with Gasteiger partial charge in [-0.05, 0) is 18.2 Å². The van der Waals surface area contributed by atoms with Crippen LogP contribution in [0.4, 0.5) is 0 Å². The SMILES string of the molecule is COC=Cc1cc(C#N)ccn1. The number of rotatable bonds is 2. The van der Waals surface area contributed by atoms with Crippen molar-refractivity contribution in [1.29, 1.82) is 5.26 Å². The lowest BCUT2D eigenvalue weighted by Crippen LogP contribution is -1.81. The molecule has 0 saturated heterocycles. The molecule has 0 unspecified atom stereocenters. The maximum atomic E-state index is 8.55. The third kappa shape index (κ3) is 2.10. The van der Waals surface area contributed by atoms with Crippen LogP contribution in [0.1, 0.15) is 11.3 Å². The second-order valence-electron chi connectivity index (χ2n) is 2.12. The summed E-state index contributed by atoms with van der Waals surface area (Å²) in [6.45, 7) is 0. The van der Waals surface area contributed by atoms with Crippen LogP contribution in [0.25, 0.3) is 6.08 Å². The highest BCUT2D eigenvalue weighted by atomic mass is 16.5. The number of hydrogen-bond donors (Lipinski definition) is 0. The number of pyridine rings is 1. The van der Waals surface area contributed by atoms with Gasteiger partial charge < -0.3 is 4.74 Å². The van der Waals surface area contributed by atoms with Crippen LogP contribution >= 0.6 is 0 Å². The lowest BCUT2D eigenvalue weighted by Gasteiger charge is -1.91. The van der Waals surface area contributed by atoms with Gasteiger partial charge in [-0.15, -0.1) is 0 Å². The molecule has 0 saturated carbocycles. The van der Waals surface area contributed by atoms with E-state index in [2.05, 4.69) is 4.98 Å². The molecule has 3 heteroatoms. The molecular weight excluding hydrogens is 152 g/mol. The topological polar surface area (TPSA) is 45.9 Å². The van der Waals surface area contributed by atoms with Crippen molar-refractivity contribution < 1.29 is 4.74 Å². The number of hydrogen-bond acceptors (Lipinski definition) is 3. The zero-order valence-electron chi connectivity index (χ0n) is 6.69. The molecule has 1 aromatic heterocycles. The van der Waals surface area contributed by atoms with Gasteiger partial charge in [0.1, 0.15) is 0 Å². The van der Waals surface area contributed by atoms with E-state index in [1.807, 2.05) is 6.07 Å². The third-order valence-electron chi connectivity index (χ3n) is 1.29. The molecule has 0 amide bonds. The molecule has 12 heavy (non-hydrogen) atoms. The Morgan fingerprint density at radius 1 is 1.67 bits per heavy atom. The summed E-state index contributed by atoms with van der Waals surface area (Å²) in [7, 11) is 1.56. The Bertz CT molecular complexity index is 326. The fraction of sp³-hybridized carbons (Fsp3) is 0.111. The van der Waals surface area contributed by atoms with Gasteiger partial charge in [0.15, 0.2) is 0 Å². The zero-order valence-corrected chi connectivity index (χ0v) is 6.69. The summed E-state index contributed by atoms with van der Waals surface area (Å²) < 4.78 is 4.72. The molecule has 60 valence electrons. The fourth-order valence-electron chi connectivity index (χ4n) is 0.747. The van der Waals surface area contributed by atoms with Crippen molar-refractivity contribution in [1.82, 2.24) is 4.98 Å². The quantitative estimate of drug-likeness (QED) is 0.617. The average Bonchev–Trinajstić information content (AvgIpc) is 2.15. The summed E-state index contributed by atoms with van der Waals surface area (Å²) in [5, 5.41) is 8.55. The molecule has 0 radical (unpaired) electrons. The molecule has 0 aliphatic carbocycles. The number of methoxy groups -OCH3 is 1. The molecule has 0 atom stereocenters. The van der Waals surface area contributed by atoms with Crippen LogP contribution in [0.5, 0.6) is 0 Å². The van der Waals surface area contributed by atoms with Crippen LogP contribution in [0.2, 0.25) is 0 Å². The van der Waals surface area contributed by atoms with Gasteiger partial charge in [-0.3, -0.25) is 4.98 Å². The highest BCUT2D eigenvalue weighted by Gasteiger charge is 1.90. The molecule has 0 aromatic carbocycles. The van der Waals surface area contributed by atoms with E-state index >= 15 is 0 Å². The van der Waals surface area contributed by atoms with Gasteiger partial charge in [-0.1, -0.05) is 0 Å². The molecule has 0 fully saturated rings. The highest BCUT2D eigenvalue weighted by Crippen LogP contribution is 2.01. The summed E-state index contributed by atoms with van der Waals surface area (Å²) in [6, 6.07) is 5.38. The van der Waals surface area contributed by atoms with Gasteiger partial charge in [-0.2, -0.15) is 5.26 Å². The lowest BCUT2D eigenvalue weighted by atomic mass is 10.2. The summed E-state index contributed by atoms with van der Waals surface area (Å²) in [5.41, 5.74) is 1.32. The number of nitrogens with zero attached hydrogens (tertiary/aromatic N) is 2. The summed E-state index contributed by atoms with van der Waals surface area (Å²) in [4.78, 5) is 4.01. The number of ether oxygens (including phenoxy) is 1. The first-order valence-corrected chi connectivity index (χ1v) is 3.42. The van der Waals surface area contributed by atoms with Crippen LogP contribution in [-0.2, 0) is 4.74 Å². The molecule has 1 rings (SSSR count). The Morgan fingerprint density at radius 2 is 2.50 bits per heavy atom. The molecular formula is C9H8N2O. The molecule has 0 spiro atoms. The van der Waals surface area contributed by atoms with Crippen molar-refractivity contribution in [2.45, 2.75) is 0 Å². The number of nitriles is 1. The third-order valence-corrected chi connectivity index (χ3v) is 1.29. The van der Waals surface area contributed by atoms with Crippen molar-refractivity contribution in [3.05, 3.63) is 35.8 Å². The van der Waals surface area contributed by atoms with Gasteiger partial charge in [0.2, 0.25) is 0 Å². The van der Waals surface area contributed by atoms with E-state index in [4.69, 9.17) is 10.00 Å². The molecule has 3 nitrogen and oxygen atoms in total. The van der Waals surface area contributed by atoms with Gasteiger partial charge in [0.05, 0.1) is 30.7 Å². The van der Waals surface area contributed by atoms with Gasteiger partial charge in [-0.25, -0.2) is 0 Å². The van der Waals surface area contributed by atoms with Crippen molar-refractivity contribution in [2.24, 2.45) is 0 Å². The van der Waals surface area contributed by atoms with Crippen molar-refractivity contribution in [3.8, 4) is 6.07 Å². The van der Waals surface area contributed by atoms with Crippen LogP contribution in [0.3, 0.4) is 0 Å². The van der Waals surface area contributed by atoms with E-state index in [9.17, 15) is 0 Å².